The van der Waals surface area contributed by atoms with E-state index in [1.807, 2.05) is 20.2 Å². The summed E-state index contributed by atoms with van der Waals surface area (Å²) in [7, 11) is 1.87. The number of nitrogens with one attached hydrogen (secondary N) is 1. The van der Waals surface area contributed by atoms with E-state index in [0.717, 1.165) is 37.4 Å². The minimum absolute atomic E-state index is 0.0847. The lowest BCUT2D eigenvalue weighted by molar-refractivity contribution is -0.0761. The Morgan fingerprint density at radius 1 is 1.38 bits per heavy atom. The van der Waals surface area contributed by atoms with Crippen LogP contribution in [0, 0.1) is 12.8 Å². The predicted octanol–water partition coefficient (Wildman–Crippen LogP) is 4.03. The normalized spacial score (nSPS) is 27.5. The molecule has 0 bridgehead atoms. The van der Waals surface area contributed by atoms with Crippen molar-refractivity contribution in [3.8, 4) is 0 Å². The third kappa shape index (κ3) is 3.83. The van der Waals surface area contributed by atoms with Gasteiger partial charge in [0.1, 0.15) is 0 Å². The lowest BCUT2D eigenvalue weighted by Gasteiger charge is -2.44. The Labute approximate surface area is 129 Å². The number of hydrogen-bond donors (Lipinski definition) is 1. The number of ether oxygens (including phenoxy) is 1. The first-order chi connectivity index (χ1) is 10.1. The van der Waals surface area contributed by atoms with Crippen LogP contribution in [0.25, 0.3) is 0 Å². The van der Waals surface area contributed by atoms with Crippen LogP contribution < -0.4 is 5.32 Å². The van der Waals surface area contributed by atoms with E-state index in [9.17, 15) is 0 Å². The Kier molecular flexibility index (Phi) is 5.77. The molecule has 2 rings (SSSR count). The van der Waals surface area contributed by atoms with Gasteiger partial charge in [-0.1, -0.05) is 19.9 Å². The SMILES string of the molecule is CCCNC(c1ccc(C)nc1)C1(OC)CCC(C)CC1. The Bertz CT molecular complexity index is 421. The number of aryl methyl sites for hydroxylation is 1. The summed E-state index contributed by atoms with van der Waals surface area (Å²) in [5, 5.41) is 3.72. The van der Waals surface area contributed by atoms with Crippen LogP contribution in [0.3, 0.4) is 0 Å². The number of nitrogens with zero attached hydrogens (tertiary/aromatic N) is 1. The third-order valence-electron chi connectivity index (χ3n) is 4.92. The Balaban J connectivity index is 2.26. The molecule has 0 amide bonds. The summed E-state index contributed by atoms with van der Waals surface area (Å²) >= 11 is 0. The molecule has 1 fully saturated rings. The molecule has 1 unspecified atom stereocenters. The summed E-state index contributed by atoms with van der Waals surface area (Å²) in [6.45, 7) is 7.60. The molecular formula is C18H30N2O. The molecule has 0 aromatic carbocycles. The maximum atomic E-state index is 6.08. The number of hydrogen-bond acceptors (Lipinski definition) is 3. The zero-order valence-corrected chi connectivity index (χ0v) is 14.0. The summed E-state index contributed by atoms with van der Waals surface area (Å²) in [6.07, 6.45) is 7.89. The highest BCUT2D eigenvalue weighted by molar-refractivity contribution is 5.21. The van der Waals surface area contributed by atoms with Crippen LogP contribution in [0.2, 0.25) is 0 Å². The second kappa shape index (κ2) is 7.37. The first-order valence-corrected chi connectivity index (χ1v) is 8.32. The highest BCUT2D eigenvalue weighted by Crippen LogP contribution is 2.42. The highest BCUT2D eigenvalue weighted by Gasteiger charge is 2.42. The Morgan fingerprint density at radius 3 is 2.62 bits per heavy atom. The molecule has 118 valence electrons. The van der Waals surface area contributed by atoms with E-state index in [2.05, 4.69) is 36.3 Å². The van der Waals surface area contributed by atoms with Gasteiger partial charge in [0, 0.05) is 19.0 Å². The van der Waals surface area contributed by atoms with Crippen molar-refractivity contribution in [3.63, 3.8) is 0 Å². The molecule has 0 saturated heterocycles. The van der Waals surface area contributed by atoms with Crippen molar-refractivity contribution in [2.45, 2.75) is 64.5 Å². The Hall–Kier alpha value is -0.930. The summed E-state index contributed by atoms with van der Waals surface area (Å²) in [6, 6.07) is 4.54. The van der Waals surface area contributed by atoms with Crippen molar-refractivity contribution in [2.75, 3.05) is 13.7 Å². The van der Waals surface area contributed by atoms with Crippen LogP contribution in [-0.2, 0) is 4.74 Å². The summed E-state index contributed by atoms with van der Waals surface area (Å²) in [5.41, 5.74) is 2.24. The van der Waals surface area contributed by atoms with Gasteiger partial charge in [-0.3, -0.25) is 4.98 Å². The predicted molar refractivity (Wildman–Crippen MR) is 87.4 cm³/mol. The third-order valence-corrected chi connectivity index (χ3v) is 4.92. The van der Waals surface area contributed by atoms with Crippen molar-refractivity contribution in [1.29, 1.82) is 0 Å². The van der Waals surface area contributed by atoms with Gasteiger partial charge < -0.3 is 10.1 Å². The van der Waals surface area contributed by atoms with E-state index < -0.39 is 0 Å². The van der Waals surface area contributed by atoms with Gasteiger partial charge in [-0.25, -0.2) is 0 Å². The zero-order chi connectivity index (χ0) is 15.3. The molecule has 0 spiro atoms. The van der Waals surface area contributed by atoms with Crippen molar-refractivity contribution in [3.05, 3.63) is 29.6 Å². The molecule has 1 N–H and O–H groups in total. The van der Waals surface area contributed by atoms with E-state index in [-0.39, 0.29) is 11.6 Å². The number of methoxy groups -OCH3 is 1. The quantitative estimate of drug-likeness (QED) is 0.859. The fraction of sp³-hybridized carbons (Fsp3) is 0.722. The average molecular weight is 290 g/mol. The maximum Gasteiger partial charge on any atom is 0.0873 e. The topological polar surface area (TPSA) is 34.2 Å². The van der Waals surface area contributed by atoms with Gasteiger partial charge in [-0.05, 0) is 63.1 Å². The van der Waals surface area contributed by atoms with Crippen LogP contribution in [0.4, 0.5) is 0 Å². The molecule has 21 heavy (non-hydrogen) atoms. The molecule has 1 atom stereocenters. The molecule has 1 aliphatic rings. The van der Waals surface area contributed by atoms with Crippen LogP contribution in [0.5, 0.6) is 0 Å². The van der Waals surface area contributed by atoms with E-state index in [0.29, 0.717) is 0 Å². The average Bonchev–Trinajstić information content (AvgIpc) is 2.51. The highest BCUT2D eigenvalue weighted by atomic mass is 16.5. The Morgan fingerprint density at radius 2 is 2.10 bits per heavy atom. The fourth-order valence-corrected chi connectivity index (χ4v) is 3.41. The van der Waals surface area contributed by atoms with Crippen molar-refractivity contribution in [1.82, 2.24) is 10.3 Å². The van der Waals surface area contributed by atoms with Gasteiger partial charge >= 0.3 is 0 Å². The van der Waals surface area contributed by atoms with Crippen molar-refractivity contribution >= 4 is 0 Å². The molecule has 3 nitrogen and oxygen atoms in total. The molecule has 1 saturated carbocycles. The molecule has 0 radical (unpaired) electrons. The minimum Gasteiger partial charge on any atom is -0.376 e. The van der Waals surface area contributed by atoms with Crippen molar-refractivity contribution < 1.29 is 4.74 Å². The second-order valence-corrected chi connectivity index (χ2v) is 6.57. The molecule has 0 aliphatic heterocycles. The summed E-state index contributed by atoms with van der Waals surface area (Å²) < 4.78 is 6.08. The molecule has 1 aromatic heterocycles. The minimum atomic E-state index is -0.0847. The van der Waals surface area contributed by atoms with E-state index in [1.165, 1.54) is 18.4 Å². The summed E-state index contributed by atoms with van der Waals surface area (Å²) in [5.74, 6) is 0.816. The first kappa shape index (κ1) is 16.4. The zero-order valence-electron chi connectivity index (χ0n) is 14.0. The van der Waals surface area contributed by atoms with Crippen LogP contribution >= 0.6 is 0 Å². The van der Waals surface area contributed by atoms with Crippen molar-refractivity contribution in [2.24, 2.45) is 5.92 Å². The van der Waals surface area contributed by atoms with Crippen LogP contribution in [-0.4, -0.2) is 24.2 Å². The molecule has 1 aromatic rings. The van der Waals surface area contributed by atoms with Gasteiger partial charge in [-0.15, -0.1) is 0 Å². The smallest absolute Gasteiger partial charge is 0.0873 e. The number of aromatic nitrogens is 1. The second-order valence-electron chi connectivity index (χ2n) is 6.57. The molecule has 1 aliphatic carbocycles. The van der Waals surface area contributed by atoms with E-state index in [1.54, 1.807) is 0 Å². The lowest BCUT2D eigenvalue weighted by atomic mass is 9.73. The van der Waals surface area contributed by atoms with E-state index >= 15 is 0 Å². The molecule has 1 heterocycles. The maximum absolute atomic E-state index is 6.08. The van der Waals surface area contributed by atoms with Crippen LogP contribution in [0.15, 0.2) is 18.3 Å². The van der Waals surface area contributed by atoms with Crippen LogP contribution in [0.1, 0.15) is 63.3 Å². The standard InChI is InChI=1S/C18H30N2O/c1-5-12-19-17(16-7-6-15(3)20-13-16)18(21-4)10-8-14(2)9-11-18/h6-7,13-14,17,19H,5,8-12H2,1-4H3. The first-order valence-electron chi connectivity index (χ1n) is 8.32. The van der Waals surface area contributed by atoms with Gasteiger partial charge in [0.2, 0.25) is 0 Å². The van der Waals surface area contributed by atoms with Gasteiger partial charge in [-0.2, -0.15) is 0 Å². The van der Waals surface area contributed by atoms with Gasteiger partial charge in [0.05, 0.1) is 11.6 Å². The van der Waals surface area contributed by atoms with Gasteiger partial charge in [0.15, 0.2) is 0 Å². The monoisotopic (exact) mass is 290 g/mol. The largest absolute Gasteiger partial charge is 0.376 e. The fourth-order valence-electron chi connectivity index (χ4n) is 3.41. The number of rotatable bonds is 6. The molecular weight excluding hydrogens is 260 g/mol. The van der Waals surface area contributed by atoms with E-state index in [4.69, 9.17) is 4.74 Å². The lowest BCUT2D eigenvalue weighted by Crippen LogP contribution is -2.48. The van der Waals surface area contributed by atoms with Gasteiger partial charge in [0.25, 0.3) is 0 Å². The number of pyridine rings is 1. The summed E-state index contributed by atoms with van der Waals surface area (Å²) in [4.78, 5) is 4.49. The molecule has 3 heteroatoms.